The molecule has 4 rings (SSSR count). The van der Waals surface area contributed by atoms with Gasteiger partial charge in [0, 0.05) is 5.54 Å². The van der Waals surface area contributed by atoms with E-state index in [2.05, 4.69) is 13.8 Å². The minimum absolute atomic E-state index is 0. The van der Waals surface area contributed by atoms with Crippen LogP contribution in [0.4, 0.5) is 0 Å². The number of nitrogens with two attached hydrogens (primary N) is 1. The van der Waals surface area contributed by atoms with Gasteiger partial charge in [-0.2, -0.15) is 0 Å². The van der Waals surface area contributed by atoms with Crippen molar-refractivity contribution in [3.05, 3.63) is 0 Å². The molecule has 0 aliphatic heterocycles. The fraction of sp³-hybridized carbons (Fsp3) is 0.929. The van der Waals surface area contributed by atoms with Crippen molar-refractivity contribution >= 4 is 18.4 Å². The lowest BCUT2D eigenvalue weighted by atomic mass is 9.38. The van der Waals surface area contributed by atoms with Gasteiger partial charge in [0.1, 0.15) is 0 Å². The number of aliphatic carboxylic acids is 1. The summed E-state index contributed by atoms with van der Waals surface area (Å²) in [4.78, 5) is 11.2. The van der Waals surface area contributed by atoms with E-state index in [0.29, 0.717) is 6.42 Å². The second kappa shape index (κ2) is 3.63. The molecule has 2 unspecified atom stereocenters. The molecule has 4 aliphatic rings. The molecule has 18 heavy (non-hydrogen) atoms. The van der Waals surface area contributed by atoms with E-state index in [0.717, 1.165) is 32.1 Å². The number of carboxylic acids is 1. The van der Waals surface area contributed by atoms with Crippen molar-refractivity contribution in [2.24, 2.45) is 22.0 Å². The number of hydrogen-bond acceptors (Lipinski definition) is 2. The average molecular weight is 274 g/mol. The van der Waals surface area contributed by atoms with Crippen molar-refractivity contribution in [3.8, 4) is 0 Å². The van der Waals surface area contributed by atoms with Gasteiger partial charge < -0.3 is 10.8 Å². The summed E-state index contributed by atoms with van der Waals surface area (Å²) >= 11 is 0. The quantitative estimate of drug-likeness (QED) is 0.813. The fourth-order valence-corrected chi connectivity index (χ4v) is 6.55. The average Bonchev–Trinajstić information content (AvgIpc) is 1.87. The Hall–Kier alpha value is -0.280. The predicted molar refractivity (Wildman–Crippen MR) is 72.8 cm³/mol. The molecular formula is C14H24ClNO2. The van der Waals surface area contributed by atoms with E-state index >= 15 is 0 Å². The van der Waals surface area contributed by atoms with Crippen LogP contribution in [0.25, 0.3) is 0 Å². The van der Waals surface area contributed by atoms with Gasteiger partial charge in [0.15, 0.2) is 0 Å². The molecule has 0 spiro atoms. The van der Waals surface area contributed by atoms with Crippen LogP contribution >= 0.6 is 12.4 Å². The van der Waals surface area contributed by atoms with E-state index in [1.54, 1.807) is 0 Å². The van der Waals surface area contributed by atoms with Gasteiger partial charge >= 0.3 is 5.97 Å². The largest absolute Gasteiger partial charge is 0.481 e. The van der Waals surface area contributed by atoms with Gasteiger partial charge in [-0.15, -0.1) is 12.4 Å². The van der Waals surface area contributed by atoms with Gasteiger partial charge in [0.25, 0.3) is 0 Å². The van der Waals surface area contributed by atoms with E-state index in [9.17, 15) is 9.90 Å². The third-order valence-corrected chi connectivity index (χ3v) is 5.27. The van der Waals surface area contributed by atoms with Gasteiger partial charge in [-0.25, -0.2) is 0 Å². The number of hydrogen-bond donors (Lipinski definition) is 2. The zero-order chi connectivity index (χ0) is 12.5. The van der Waals surface area contributed by atoms with Crippen LogP contribution in [-0.4, -0.2) is 16.6 Å². The smallest absolute Gasteiger partial charge is 0.303 e. The molecule has 4 heteroatoms. The molecule has 4 fully saturated rings. The Morgan fingerprint density at radius 2 is 1.56 bits per heavy atom. The van der Waals surface area contributed by atoms with Crippen molar-refractivity contribution < 1.29 is 9.90 Å². The summed E-state index contributed by atoms with van der Waals surface area (Å²) in [5.41, 5.74) is 7.03. The highest BCUT2D eigenvalue weighted by molar-refractivity contribution is 5.85. The maximum absolute atomic E-state index is 11.2. The summed E-state index contributed by atoms with van der Waals surface area (Å²) in [5.74, 6) is -0.650. The maximum atomic E-state index is 11.2. The standard InChI is InChI=1S/C14H23NO2.ClH/c1-11-4-12(2)6-13(5-11,3-10(16)17)9-14(15,7-11)8-12;/h3-9,15H2,1-2H3,(H,16,17);1H/t11-,12+,13?,14?;. The number of carbonyl (C=O) groups is 1. The molecule has 0 amide bonds. The molecule has 4 bridgehead atoms. The highest BCUT2D eigenvalue weighted by atomic mass is 35.5. The second-order valence-corrected chi connectivity index (χ2v) is 8.11. The highest BCUT2D eigenvalue weighted by Crippen LogP contribution is 2.70. The minimum atomic E-state index is -0.650. The molecule has 4 saturated carbocycles. The normalized spacial score (nSPS) is 53.1. The first-order valence-electron chi connectivity index (χ1n) is 6.67. The van der Waals surface area contributed by atoms with E-state index in [1.807, 2.05) is 0 Å². The Labute approximate surface area is 115 Å². The molecule has 0 heterocycles. The summed E-state index contributed by atoms with van der Waals surface area (Å²) in [5, 5.41) is 9.18. The molecule has 3 N–H and O–H groups in total. The van der Waals surface area contributed by atoms with E-state index in [-0.39, 0.29) is 34.2 Å². The molecule has 0 aromatic heterocycles. The monoisotopic (exact) mass is 273 g/mol. The van der Waals surface area contributed by atoms with Gasteiger partial charge in [0.05, 0.1) is 6.42 Å². The van der Waals surface area contributed by atoms with Gasteiger partial charge in [0.2, 0.25) is 0 Å². The van der Waals surface area contributed by atoms with Gasteiger partial charge in [-0.3, -0.25) is 4.79 Å². The van der Waals surface area contributed by atoms with Crippen molar-refractivity contribution in [1.29, 1.82) is 0 Å². The number of carboxylic acid groups (broad SMARTS) is 1. The fourth-order valence-electron chi connectivity index (χ4n) is 6.55. The van der Waals surface area contributed by atoms with Crippen LogP contribution in [0, 0.1) is 16.2 Å². The third kappa shape index (κ3) is 2.05. The van der Waals surface area contributed by atoms with Gasteiger partial charge in [-0.05, 0) is 54.8 Å². The Morgan fingerprint density at radius 3 is 1.94 bits per heavy atom. The Bertz CT molecular complexity index is 342. The molecule has 3 nitrogen and oxygen atoms in total. The zero-order valence-corrected chi connectivity index (χ0v) is 12.1. The molecule has 0 radical (unpaired) electrons. The lowest BCUT2D eigenvalue weighted by molar-refractivity contribution is -0.170. The Kier molecular flexibility index (Phi) is 2.85. The maximum Gasteiger partial charge on any atom is 0.303 e. The topological polar surface area (TPSA) is 63.3 Å². The summed E-state index contributed by atoms with van der Waals surface area (Å²) in [6.45, 7) is 4.64. The van der Waals surface area contributed by atoms with Crippen molar-refractivity contribution in [2.45, 2.75) is 64.3 Å². The van der Waals surface area contributed by atoms with Crippen LogP contribution in [0.3, 0.4) is 0 Å². The Morgan fingerprint density at radius 1 is 1.06 bits per heavy atom. The predicted octanol–water partition coefficient (Wildman–Crippen LogP) is 2.96. The van der Waals surface area contributed by atoms with Crippen LogP contribution in [0.2, 0.25) is 0 Å². The van der Waals surface area contributed by atoms with E-state index in [1.165, 1.54) is 6.42 Å². The SMILES string of the molecule is C[C@]12CC3(N)CC(CC(=O)O)(C1)C[C@@](C)(C3)C2.Cl. The zero-order valence-electron chi connectivity index (χ0n) is 11.3. The summed E-state index contributed by atoms with van der Waals surface area (Å²) < 4.78 is 0. The van der Waals surface area contributed by atoms with Crippen LogP contribution < -0.4 is 5.73 Å². The van der Waals surface area contributed by atoms with Crippen LogP contribution in [-0.2, 0) is 4.79 Å². The summed E-state index contributed by atoms with van der Waals surface area (Å²) in [6, 6.07) is 0. The minimum Gasteiger partial charge on any atom is -0.481 e. The van der Waals surface area contributed by atoms with Crippen LogP contribution in [0.5, 0.6) is 0 Å². The van der Waals surface area contributed by atoms with Crippen LogP contribution in [0.15, 0.2) is 0 Å². The van der Waals surface area contributed by atoms with E-state index in [4.69, 9.17) is 5.73 Å². The van der Waals surface area contributed by atoms with Crippen LogP contribution in [0.1, 0.15) is 58.8 Å². The van der Waals surface area contributed by atoms with Gasteiger partial charge in [-0.1, -0.05) is 13.8 Å². The van der Waals surface area contributed by atoms with E-state index < -0.39 is 5.97 Å². The molecule has 4 aliphatic carbocycles. The molecule has 0 aromatic carbocycles. The molecule has 4 atom stereocenters. The first kappa shape index (κ1) is 14.1. The lowest BCUT2D eigenvalue weighted by Crippen LogP contribution is -2.66. The summed E-state index contributed by atoms with van der Waals surface area (Å²) in [6.07, 6.45) is 6.81. The lowest BCUT2D eigenvalue weighted by Gasteiger charge is -2.68. The van der Waals surface area contributed by atoms with Crippen molar-refractivity contribution in [3.63, 3.8) is 0 Å². The number of rotatable bonds is 2. The third-order valence-electron chi connectivity index (χ3n) is 5.27. The van der Waals surface area contributed by atoms with Crippen molar-refractivity contribution in [2.75, 3.05) is 0 Å². The molecular weight excluding hydrogens is 250 g/mol. The molecule has 0 aromatic rings. The Balaban J connectivity index is 0.00000120. The van der Waals surface area contributed by atoms with Crippen molar-refractivity contribution in [1.82, 2.24) is 0 Å². The summed E-state index contributed by atoms with van der Waals surface area (Å²) in [7, 11) is 0. The second-order valence-electron chi connectivity index (χ2n) is 8.11. The highest BCUT2D eigenvalue weighted by Gasteiger charge is 2.64. The first-order chi connectivity index (χ1) is 7.66. The molecule has 104 valence electrons. The number of halogens is 1. The molecule has 0 saturated heterocycles. The first-order valence-corrected chi connectivity index (χ1v) is 6.67.